The molecule has 0 heterocycles. The monoisotopic (exact) mass is 464 g/mol. The van der Waals surface area contributed by atoms with Crippen molar-refractivity contribution in [3.63, 3.8) is 0 Å². The third-order valence-corrected chi connectivity index (χ3v) is 6.53. The fourth-order valence-electron chi connectivity index (χ4n) is 4.61. The van der Waals surface area contributed by atoms with Crippen LogP contribution in [0.5, 0.6) is 0 Å². The fraction of sp³-hybridized carbons (Fsp3) is 0.444. The van der Waals surface area contributed by atoms with Crippen molar-refractivity contribution in [1.29, 1.82) is 0 Å². The zero-order valence-corrected chi connectivity index (χ0v) is 19.7. The van der Waals surface area contributed by atoms with Crippen molar-refractivity contribution in [3.8, 4) is 11.1 Å². The first-order valence-electron chi connectivity index (χ1n) is 12.0. The Morgan fingerprint density at radius 2 is 1.62 bits per heavy atom. The lowest BCUT2D eigenvalue weighted by atomic mass is 9.98. The van der Waals surface area contributed by atoms with Gasteiger partial charge < -0.3 is 20.1 Å². The number of benzene rings is 2. The first-order valence-corrected chi connectivity index (χ1v) is 12.0. The largest absolute Gasteiger partial charge is 0.481 e. The topological polar surface area (TPSA) is 95.9 Å². The third kappa shape index (κ3) is 5.41. The lowest BCUT2D eigenvalue weighted by molar-refractivity contribution is -0.142. The summed E-state index contributed by atoms with van der Waals surface area (Å²) in [7, 11) is 0. The molecule has 2 aromatic rings. The smallest absolute Gasteiger partial charge is 0.407 e. The predicted octanol–water partition coefficient (Wildman–Crippen LogP) is 4.41. The summed E-state index contributed by atoms with van der Waals surface area (Å²) in [6, 6.07) is 15.0. The minimum atomic E-state index is -1.15. The van der Waals surface area contributed by atoms with Crippen molar-refractivity contribution < 1.29 is 24.2 Å². The molecular weight excluding hydrogens is 432 g/mol. The van der Waals surface area contributed by atoms with Gasteiger partial charge in [0.25, 0.3) is 0 Å². The molecule has 2 N–H and O–H groups in total. The number of carboxylic acid groups (broad SMARTS) is 1. The maximum absolute atomic E-state index is 13.2. The molecule has 0 aromatic heterocycles. The van der Waals surface area contributed by atoms with Crippen molar-refractivity contribution in [3.05, 3.63) is 59.7 Å². The van der Waals surface area contributed by atoms with Gasteiger partial charge in [0.2, 0.25) is 5.91 Å². The van der Waals surface area contributed by atoms with Crippen LogP contribution in [0.25, 0.3) is 11.1 Å². The molecule has 1 fully saturated rings. The number of carbonyl (C=O) groups excluding carboxylic acids is 2. The number of carboxylic acids is 1. The fourth-order valence-corrected chi connectivity index (χ4v) is 4.61. The van der Waals surface area contributed by atoms with E-state index in [4.69, 9.17) is 4.74 Å². The Bertz CT molecular complexity index is 1020. The molecule has 0 spiro atoms. The second kappa shape index (κ2) is 10.3. The van der Waals surface area contributed by atoms with Gasteiger partial charge in [-0.2, -0.15) is 0 Å². The first kappa shape index (κ1) is 23.8. The Kier molecular flexibility index (Phi) is 7.20. The maximum Gasteiger partial charge on any atom is 0.407 e. The van der Waals surface area contributed by atoms with Crippen LogP contribution in [0.15, 0.2) is 48.5 Å². The number of nitrogens with zero attached hydrogens (tertiary/aromatic N) is 1. The highest BCUT2D eigenvalue weighted by Crippen LogP contribution is 2.44. The Morgan fingerprint density at radius 3 is 2.15 bits per heavy atom. The van der Waals surface area contributed by atoms with Crippen LogP contribution >= 0.6 is 0 Å². The van der Waals surface area contributed by atoms with E-state index in [-0.39, 0.29) is 24.5 Å². The summed E-state index contributed by atoms with van der Waals surface area (Å²) in [5.41, 5.74) is 4.42. The normalized spacial score (nSPS) is 15.4. The summed E-state index contributed by atoms with van der Waals surface area (Å²) < 4.78 is 5.54. The SMILES string of the molecule is CC(C)CCN(C(=O)C(CC(=O)O)NC(=O)OCC1c2ccccc2-c2ccccc21)C1CC1. The highest BCUT2D eigenvalue weighted by Gasteiger charge is 2.37. The van der Waals surface area contributed by atoms with E-state index >= 15 is 0 Å². The second-order valence-corrected chi connectivity index (χ2v) is 9.57. The molecule has 180 valence electrons. The average molecular weight is 465 g/mol. The number of aliphatic carboxylic acids is 1. The molecule has 4 rings (SSSR count). The highest BCUT2D eigenvalue weighted by atomic mass is 16.5. The maximum atomic E-state index is 13.2. The molecule has 0 aliphatic heterocycles. The Balaban J connectivity index is 1.43. The minimum absolute atomic E-state index is 0.105. The van der Waals surface area contributed by atoms with Gasteiger partial charge in [-0.3, -0.25) is 9.59 Å². The van der Waals surface area contributed by atoms with Gasteiger partial charge in [-0.05, 0) is 47.4 Å². The van der Waals surface area contributed by atoms with Crippen LogP contribution < -0.4 is 5.32 Å². The van der Waals surface area contributed by atoms with Crippen LogP contribution in [0.2, 0.25) is 0 Å². The molecule has 1 saturated carbocycles. The third-order valence-electron chi connectivity index (χ3n) is 6.53. The number of alkyl carbamates (subject to hydrolysis) is 1. The van der Waals surface area contributed by atoms with E-state index in [1.807, 2.05) is 36.4 Å². The van der Waals surface area contributed by atoms with Gasteiger partial charge in [-0.25, -0.2) is 4.79 Å². The summed E-state index contributed by atoms with van der Waals surface area (Å²) >= 11 is 0. The Hall–Kier alpha value is -3.35. The number of nitrogens with one attached hydrogen (secondary N) is 1. The van der Waals surface area contributed by atoms with E-state index in [2.05, 4.69) is 31.3 Å². The van der Waals surface area contributed by atoms with Crippen LogP contribution in [0.1, 0.15) is 56.6 Å². The number of hydrogen-bond acceptors (Lipinski definition) is 4. The zero-order valence-electron chi connectivity index (χ0n) is 19.7. The molecule has 2 aromatic carbocycles. The van der Waals surface area contributed by atoms with Gasteiger partial charge >= 0.3 is 12.1 Å². The van der Waals surface area contributed by atoms with E-state index in [1.54, 1.807) is 4.90 Å². The van der Waals surface area contributed by atoms with Gasteiger partial charge in [-0.1, -0.05) is 62.4 Å². The standard InChI is InChI=1S/C27H32N2O5/c1-17(2)13-14-29(18-11-12-18)26(32)24(15-25(30)31)28-27(33)34-16-23-21-9-5-3-7-19(21)20-8-4-6-10-22(20)23/h3-10,17-18,23-24H,11-16H2,1-2H3,(H,28,33)(H,30,31). The summed E-state index contributed by atoms with van der Waals surface area (Å²) in [6.45, 7) is 4.83. The zero-order chi connectivity index (χ0) is 24.2. The quantitative estimate of drug-likeness (QED) is 0.543. The summed E-state index contributed by atoms with van der Waals surface area (Å²) in [4.78, 5) is 39.1. The molecule has 7 nitrogen and oxygen atoms in total. The van der Waals surface area contributed by atoms with Crippen LogP contribution in [0, 0.1) is 5.92 Å². The summed E-state index contributed by atoms with van der Waals surface area (Å²) in [6.07, 6.45) is 1.39. The molecule has 34 heavy (non-hydrogen) atoms. The van der Waals surface area contributed by atoms with E-state index in [0.29, 0.717) is 12.5 Å². The summed E-state index contributed by atoms with van der Waals surface area (Å²) in [5, 5.41) is 11.9. The van der Waals surface area contributed by atoms with Gasteiger partial charge in [0.05, 0.1) is 6.42 Å². The van der Waals surface area contributed by atoms with E-state index in [9.17, 15) is 19.5 Å². The number of amides is 2. The lowest BCUT2D eigenvalue weighted by Crippen LogP contribution is -2.50. The van der Waals surface area contributed by atoms with Crippen molar-refractivity contribution in [2.24, 2.45) is 5.92 Å². The molecule has 0 radical (unpaired) electrons. The van der Waals surface area contributed by atoms with E-state index in [0.717, 1.165) is 41.5 Å². The van der Waals surface area contributed by atoms with E-state index in [1.165, 1.54) is 0 Å². The molecular formula is C27H32N2O5. The van der Waals surface area contributed by atoms with Gasteiger partial charge in [0.15, 0.2) is 0 Å². The molecule has 2 aliphatic carbocycles. The number of fused-ring (bicyclic) bond motifs is 3. The van der Waals surface area contributed by atoms with Crippen LogP contribution in [-0.2, 0) is 14.3 Å². The molecule has 0 saturated heterocycles. The van der Waals surface area contributed by atoms with Crippen molar-refractivity contribution >= 4 is 18.0 Å². The molecule has 0 bridgehead atoms. The van der Waals surface area contributed by atoms with Crippen molar-refractivity contribution in [1.82, 2.24) is 10.2 Å². The van der Waals surface area contributed by atoms with Crippen LogP contribution in [0.3, 0.4) is 0 Å². The predicted molar refractivity (Wildman–Crippen MR) is 128 cm³/mol. The Labute approximate surface area is 200 Å². The lowest BCUT2D eigenvalue weighted by Gasteiger charge is -2.28. The molecule has 7 heteroatoms. The van der Waals surface area contributed by atoms with E-state index < -0.39 is 24.5 Å². The van der Waals surface area contributed by atoms with Crippen LogP contribution in [-0.4, -0.2) is 53.2 Å². The average Bonchev–Trinajstić information content (AvgIpc) is 3.59. The first-order chi connectivity index (χ1) is 16.3. The number of ether oxygens (including phenoxy) is 1. The summed E-state index contributed by atoms with van der Waals surface area (Å²) in [5.74, 6) is -1.18. The number of carbonyl (C=O) groups is 3. The van der Waals surface area contributed by atoms with Gasteiger partial charge in [0, 0.05) is 18.5 Å². The second-order valence-electron chi connectivity index (χ2n) is 9.57. The number of rotatable bonds is 10. The Morgan fingerprint density at radius 1 is 1.03 bits per heavy atom. The van der Waals surface area contributed by atoms with Crippen LogP contribution in [0.4, 0.5) is 4.79 Å². The van der Waals surface area contributed by atoms with Crippen molar-refractivity contribution in [2.75, 3.05) is 13.2 Å². The minimum Gasteiger partial charge on any atom is -0.481 e. The molecule has 1 unspecified atom stereocenters. The highest BCUT2D eigenvalue weighted by molar-refractivity contribution is 5.89. The van der Waals surface area contributed by atoms with Gasteiger partial charge in [0.1, 0.15) is 12.6 Å². The number of hydrogen-bond donors (Lipinski definition) is 2. The molecule has 2 amide bonds. The molecule has 1 atom stereocenters. The molecule has 2 aliphatic rings. The van der Waals surface area contributed by atoms with Crippen molar-refractivity contribution in [2.45, 2.75) is 57.5 Å². The van der Waals surface area contributed by atoms with Gasteiger partial charge in [-0.15, -0.1) is 0 Å².